The Morgan fingerprint density at radius 1 is 1.54 bits per heavy atom. The van der Waals surface area contributed by atoms with Crippen LogP contribution in [0, 0.1) is 0 Å². The number of nitrogens with one attached hydrogen (secondary N) is 1. The third-order valence-corrected chi connectivity index (χ3v) is 2.03. The van der Waals surface area contributed by atoms with E-state index < -0.39 is 24.5 Å². The summed E-state index contributed by atoms with van der Waals surface area (Å²) in [5, 5.41) is 19.2. The SMILES string of the molecule is CSCC[C@H](NC(=O)CO)C(=O)O. The van der Waals surface area contributed by atoms with Crippen LogP contribution in [0.15, 0.2) is 0 Å². The summed E-state index contributed by atoms with van der Waals surface area (Å²) in [7, 11) is 0. The highest BCUT2D eigenvalue weighted by atomic mass is 32.2. The number of aliphatic hydroxyl groups excluding tert-OH is 1. The maximum Gasteiger partial charge on any atom is 0.326 e. The summed E-state index contributed by atoms with van der Waals surface area (Å²) in [5.41, 5.74) is 0. The standard InChI is InChI=1S/C7H13NO4S/c1-13-3-2-5(7(11)12)8-6(10)4-9/h5,9H,2-4H2,1H3,(H,8,10)(H,11,12)/t5-/m0/s1. The van der Waals surface area contributed by atoms with Gasteiger partial charge < -0.3 is 15.5 Å². The van der Waals surface area contributed by atoms with Gasteiger partial charge >= 0.3 is 5.97 Å². The molecule has 1 atom stereocenters. The van der Waals surface area contributed by atoms with Crippen molar-refractivity contribution < 1.29 is 19.8 Å². The molecule has 0 saturated carbocycles. The van der Waals surface area contributed by atoms with Crippen LogP contribution in [0.1, 0.15) is 6.42 Å². The maximum atomic E-state index is 10.7. The van der Waals surface area contributed by atoms with Crippen molar-refractivity contribution in [3.8, 4) is 0 Å². The molecular weight excluding hydrogens is 194 g/mol. The molecule has 0 aliphatic heterocycles. The van der Waals surface area contributed by atoms with Gasteiger partial charge in [0.05, 0.1) is 0 Å². The number of rotatable bonds is 6. The van der Waals surface area contributed by atoms with Crippen LogP contribution in [0.2, 0.25) is 0 Å². The van der Waals surface area contributed by atoms with Gasteiger partial charge in [-0.15, -0.1) is 0 Å². The predicted octanol–water partition coefficient (Wildman–Crippen LogP) is -0.699. The van der Waals surface area contributed by atoms with Gasteiger partial charge in [-0.05, 0) is 18.4 Å². The lowest BCUT2D eigenvalue weighted by Gasteiger charge is -2.12. The van der Waals surface area contributed by atoms with Crippen molar-refractivity contribution in [2.75, 3.05) is 18.6 Å². The molecule has 3 N–H and O–H groups in total. The number of carboxylic acids is 1. The van der Waals surface area contributed by atoms with Gasteiger partial charge in [0.2, 0.25) is 5.91 Å². The maximum absolute atomic E-state index is 10.7. The van der Waals surface area contributed by atoms with E-state index in [1.165, 1.54) is 11.8 Å². The third kappa shape index (κ3) is 5.48. The fourth-order valence-electron chi connectivity index (χ4n) is 0.733. The van der Waals surface area contributed by atoms with Crippen LogP contribution in [0.4, 0.5) is 0 Å². The van der Waals surface area contributed by atoms with Crippen molar-refractivity contribution in [3.05, 3.63) is 0 Å². The average molecular weight is 207 g/mol. The fourth-order valence-corrected chi connectivity index (χ4v) is 1.20. The van der Waals surface area contributed by atoms with Crippen LogP contribution in [0.25, 0.3) is 0 Å². The number of aliphatic carboxylic acids is 1. The highest BCUT2D eigenvalue weighted by Gasteiger charge is 2.18. The number of carboxylic acid groups (broad SMARTS) is 1. The predicted molar refractivity (Wildman–Crippen MR) is 49.7 cm³/mol. The minimum atomic E-state index is -1.07. The molecular formula is C7H13NO4S. The molecule has 0 unspecified atom stereocenters. The third-order valence-electron chi connectivity index (χ3n) is 1.39. The molecule has 0 radical (unpaired) electrons. The Kier molecular flexibility index (Phi) is 6.34. The van der Waals surface area contributed by atoms with Crippen LogP contribution in [0.5, 0.6) is 0 Å². The quantitative estimate of drug-likeness (QED) is 0.536. The van der Waals surface area contributed by atoms with E-state index in [1.54, 1.807) is 0 Å². The van der Waals surface area contributed by atoms with E-state index in [0.29, 0.717) is 12.2 Å². The Bertz CT molecular complexity index is 185. The Morgan fingerprint density at radius 3 is 2.54 bits per heavy atom. The molecule has 0 aliphatic rings. The monoisotopic (exact) mass is 207 g/mol. The van der Waals surface area contributed by atoms with Crippen LogP contribution >= 0.6 is 11.8 Å². The number of carbonyl (C=O) groups excluding carboxylic acids is 1. The molecule has 0 aromatic carbocycles. The Balaban J connectivity index is 3.94. The van der Waals surface area contributed by atoms with Crippen molar-refractivity contribution in [1.29, 1.82) is 0 Å². The molecule has 0 bridgehead atoms. The summed E-state index contributed by atoms with van der Waals surface area (Å²) < 4.78 is 0. The number of aliphatic hydroxyl groups is 1. The Labute approximate surface area is 80.5 Å². The normalized spacial score (nSPS) is 12.2. The molecule has 1 amide bonds. The molecule has 0 heterocycles. The first kappa shape index (κ1) is 12.2. The van der Waals surface area contributed by atoms with Crippen molar-refractivity contribution in [2.45, 2.75) is 12.5 Å². The van der Waals surface area contributed by atoms with Gasteiger partial charge in [-0.3, -0.25) is 4.79 Å². The average Bonchev–Trinajstić information content (AvgIpc) is 2.11. The lowest BCUT2D eigenvalue weighted by atomic mass is 10.2. The van der Waals surface area contributed by atoms with Crippen molar-refractivity contribution in [3.63, 3.8) is 0 Å². The molecule has 0 aliphatic carbocycles. The summed E-state index contributed by atoms with van der Waals surface area (Å²) in [6, 6.07) is -0.896. The van der Waals surface area contributed by atoms with Gasteiger partial charge in [-0.2, -0.15) is 11.8 Å². The van der Waals surface area contributed by atoms with Crippen LogP contribution < -0.4 is 5.32 Å². The smallest absolute Gasteiger partial charge is 0.326 e. The summed E-state index contributed by atoms with van der Waals surface area (Å²) in [5.74, 6) is -1.08. The van der Waals surface area contributed by atoms with E-state index in [1.807, 2.05) is 6.26 Å². The number of hydrogen-bond donors (Lipinski definition) is 3. The number of carbonyl (C=O) groups is 2. The topological polar surface area (TPSA) is 86.6 Å². The molecule has 5 nitrogen and oxygen atoms in total. The lowest BCUT2D eigenvalue weighted by Crippen LogP contribution is -2.42. The highest BCUT2D eigenvalue weighted by Crippen LogP contribution is 2.00. The molecule has 6 heteroatoms. The first-order chi connectivity index (χ1) is 6.11. The molecule has 0 rings (SSSR count). The van der Waals surface area contributed by atoms with Gasteiger partial charge in [0.15, 0.2) is 0 Å². The zero-order valence-electron chi connectivity index (χ0n) is 7.32. The largest absolute Gasteiger partial charge is 0.480 e. The zero-order chi connectivity index (χ0) is 10.3. The molecule has 0 fully saturated rings. The van der Waals surface area contributed by atoms with E-state index in [-0.39, 0.29) is 0 Å². The van der Waals surface area contributed by atoms with Gasteiger partial charge in [0.25, 0.3) is 0 Å². The van der Waals surface area contributed by atoms with Crippen molar-refractivity contribution in [1.82, 2.24) is 5.32 Å². The summed E-state index contributed by atoms with van der Waals surface area (Å²) in [6.07, 6.45) is 2.22. The van der Waals surface area contributed by atoms with Gasteiger partial charge in [-0.25, -0.2) is 4.79 Å². The number of amides is 1. The second-order valence-corrected chi connectivity index (χ2v) is 3.38. The molecule has 13 heavy (non-hydrogen) atoms. The van der Waals surface area contributed by atoms with Crippen molar-refractivity contribution >= 4 is 23.6 Å². The van der Waals surface area contributed by atoms with E-state index in [2.05, 4.69) is 5.32 Å². The summed E-state index contributed by atoms with van der Waals surface area (Å²) in [4.78, 5) is 21.2. The van der Waals surface area contributed by atoms with E-state index in [9.17, 15) is 9.59 Å². The lowest BCUT2D eigenvalue weighted by molar-refractivity contribution is -0.142. The minimum Gasteiger partial charge on any atom is -0.480 e. The van der Waals surface area contributed by atoms with Gasteiger partial charge in [-0.1, -0.05) is 0 Å². The molecule has 0 saturated heterocycles. The first-order valence-electron chi connectivity index (χ1n) is 3.73. The van der Waals surface area contributed by atoms with Crippen molar-refractivity contribution in [2.24, 2.45) is 0 Å². The minimum absolute atomic E-state index is 0.363. The van der Waals surface area contributed by atoms with Crippen LogP contribution in [0.3, 0.4) is 0 Å². The Morgan fingerprint density at radius 2 is 2.15 bits per heavy atom. The molecule has 76 valence electrons. The second kappa shape index (κ2) is 6.73. The first-order valence-corrected chi connectivity index (χ1v) is 5.13. The van der Waals surface area contributed by atoms with Crippen LogP contribution in [-0.4, -0.2) is 46.7 Å². The Hall–Kier alpha value is -0.750. The van der Waals surface area contributed by atoms with E-state index in [4.69, 9.17) is 10.2 Å². The highest BCUT2D eigenvalue weighted by molar-refractivity contribution is 7.98. The van der Waals surface area contributed by atoms with Gasteiger partial charge in [0, 0.05) is 0 Å². The molecule has 0 aromatic heterocycles. The fraction of sp³-hybridized carbons (Fsp3) is 0.714. The number of hydrogen-bond acceptors (Lipinski definition) is 4. The second-order valence-electron chi connectivity index (χ2n) is 2.40. The number of thioether (sulfide) groups is 1. The molecule has 0 spiro atoms. The van der Waals surface area contributed by atoms with E-state index >= 15 is 0 Å². The zero-order valence-corrected chi connectivity index (χ0v) is 8.13. The van der Waals surface area contributed by atoms with E-state index in [0.717, 1.165) is 0 Å². The summed E-state index contributed by atoms with van der Waals surface area (Å²) >= 11 is 1.50. The van der Waals surface area contributed by atoms with Crippen LogP contribution in [-0.2, 0) is 9.59 Å². The van der Waals surface area contributed by atoms with Gasteiger partial charge in [0.1, 0.15) is 12.6 Å². The summed E-state index contributed by atoms with van der Waals surface area (Å²) in [6.45, 7) is -0.678. The molecule has 0 aromatic rings.